The molecule has 4 heteroatoms. The molecule has 4 nitrogen and oxygen atoms in total. The highest BCUT2D eigenvalue weighted by Gasteiger charge is 2.04. The second kappa shape index (κ2) is 6.31. The van der Waals surface area contributed by atoms with Gasteiger partial charge >= 0.3 is 5.97 Å². The first-order valence-electron chi connectivity index (χ1n) is 3.61. The lowest BCUT2D eigenvalue weighted by Gasteiger charge is -2.01. The maximum Gasteiger partial charge on any atom is 0.333 e. The molecule has 0 rings (SSSR count). The molecule has 0 heterocycles. The average molecular weight is 169 g/mol. The van der Waals surface area contributed by atoms with E-state index < -0.39 is 5.97 Å². The second-order valence-corrected chi connectivity index (χ2v) is 2.07. The summed E-state index contributed by atoms with van der Waals surface area (Å²) in [7, 11) is 0. The quantitative estimate of drug-likeness (QED) is 0.201. The molecule has 0 aromatic rings. The largest absolute Gasteiger partial charge is 0.460 e. The molecule has 0 aliphatic carbocycles. The zero-order chi connectivity index (χ0) is 9.40. The minimum atomic E-state index is -0.432. The van der Waals surface area contributed by atoms with Crippen molar-refractivity contribution in [1.29, 1.82) is 0 Å². The molecule has 12 heavy (non-hydrogen) atoms. The van der Waals surface area contributed by atoms with E-state index in [9.17, 15) is 9.59 Å². The van der Waals surface area contributed by atoms with Gasteiger partial charge in [-0.25, -0.2) is 14.6 Å². The maximum atomic E-state index is 10.9. The maximum absolute atomic E-state index is 10.9. The molecule has 0 radical (unpaired) electrons. The van der Waals surface area contributed by atoms with Gasteiger partial charge in [0.25, 0.3) is 0 Å². The van der Waals surface area contributed by atoms with Crippen molar-refractivity contribution in [2.75, 3.05) is 13.2 Å². The number of hydrogen-bond acceptors (Lipinski definition) is 4. The number of ether oxygens (including phenoxy) is 1. The number of isocyanates is 1. The molecule has 66 valence electrons. The number of esters is 1. The van der Waals surface area contributed by atoms with Crippen molar-refractivity contribution >= 4 is 12.0 Å². The monoisotopic (exact) mass is 169 g/mol. The van der Waals surface area contributed by atoms with E-state index in [1.54, 1.807) is 0 Å². The van der Waals surface area contributed by atoms with Crippen molar-refractivity contribution < 1.29 is 14.3 Å². The Morgan fingerprint density at radius 3 is 2.83 bits per heavy atom. The summed E-state index contributed by atoms with van der Waals surface area (Å²) in [4.78, 5) is 23.7. The first kappa shape index (κ1) is 10.6. The third-order valence-electron chi connectivity index (χ3n) is 1.22. The molecule has 0 saturated carbocycles. The number of carbonyl (C=O) groups is 1. The van der Waals surface area contributed by atoms with Crippen molar-refractivity contribution in [2.24, 2.45) is 4.99 Å². The zero-order valence-corrected chi connectivity index (χ0v) is 7.00. The lowest BCUT2D eigenvalue weighted by Crippen LogP contribution is -2.09. The molecular weight excluding hydrogens is 158 g/mol. The van der Waals surface area contributed by atoms with Crippen LogP contribution >= 0.6 is 0 Å². The highest BCUT2D eigenvalue weighted by atomic mass is 16.5. The van der Waals surface area contributed by atoms with Gasteiger partial charge in [-0.1, -0.05) is 13.5 Å². The summed E-state index contributed by atoms with van der Waals surface area (Å²) >= 11 is 0. The van der Waals surface area contributed by atoms with E-state index in [-0.39, 0.29) is 13.2 Å². The Labute approximate surface area is 70.9 Å². The number of carbonyl (C=O) groups excluding carboxylic acids is 2. The predicted molar refractivity (Wildman–Crippen MR) is 43.4 cm³/mol. The fourth-order valence-electron chi connectivity index (χ4n) is 0.476. The molecule has 0 aliphatic rings. The number of hydrogen-bond donors (Lipinski definition) is 0. The van der Waals surface area contributed by atoms with Crippen molar-refractivity contribution in [3.05, 3.63) is 12.2 Å². The van der Waals surface area contributed by atoms with Gasteiger partial charge in [0.15, 0.2) is 0 Å². The molecular formula is C8H11NO3. The van der Waals surface area contributed by atoms with Crippen LogP contribution in [0.5, 0.6) is 0 Å². The molecule has 0 fully saturated rings. The topological polar surface area (TPSA) is 55.7 Å². The second-order valence-electron chi connectivity index (χ2n) is 2.07. The normalized spacial score (nSPS) is 8.42. The Morgan fingerprint density at radius 2 is 2.33 bits per heavy atom. The number of aliphatic imine (C=N–C) groups is 1. The third kappa shape index (κ3) is 4.41. The Balaban J connectivity index is 3.57. The molecule has 0 unspecified atom stereocenters. The lowest BCUT2D eigenvalue weighted by molar-refractivity contribution is -0.138. The van der Waals surface area contributed by atoms with Crippen LogP contribution in [0, 0.1) is 0 Å². The highest BCUT2D eigenvalue weighted by molar-refractivity contribution is 5.87. The predicted octanol–water partition coefficient (Wildman–Crippen LogP) is 0.832. The van der Waals surface area contributed by atoms with Crippen LogP contribution < -0.4 is 0 Å². The molecule has 0 spiro atoms. The SMILES string of the molecule is C=C(CC)C(=O)OCCN=C=O. The van der Waals surface area contributed by atoms with Crippen LogP contribution in [0.1, 0.15) is 13.3 Å². The zero-order valence-electron chi connectivity index (χ0n) is 7.00. The van der Waals surface area contributed by atoms with Gasteiger partial charge in [-0.15, -0.1) is 0 Å². The molecule has 0 N–H and O–H groups in total. The van der Waals surface area contributed by atoms with Gasteiger partial charge in [-0.3, -0.25) is 0 Å². The number of nitrogens with zero attached hydrogens (tertiary/aromatic N) is 1. The van der Waals surface area contributed by atoms with Crippen molar-refractivity contribution in [1.82, 2.24) is 0 Å². The van der Waals surface area contributed by atoms with Gasteiger partial charge in [0, 0.05) is 5.57 Å². The van der Waals surface area contributed by atoms with E-state index in [2.05, 4.69) is 16.3 Å². The fraction of sp³-hybridized carbons (Fsp3) is 0.500. The van der Waals surface area contributed by atoms with E-state index in [1.807, 2.05) is 6.92 Å². The van der Waals surface area contributed by atoms with Gasteiger partial charge in [-0.05, 0) is 6.42 Å². The molecule has 0 atom stereocenters. The summed E-state index contributed by atoms with van der Waals surface area (Å²) in [5.41, 5.74) is 0.421. The molecule has 0 amide bonds. The standard InChI is InChI=1S/C8H11NO3/c1-3-7(2)8(11)12-5-4-9-6-10/h2-5H2,1H3. The van der Waals surface area contributed by atoms with E-state index in [0.29, 0.717) is 12.0 Å². The molecule has 0 aromatic carbocycles. The molecule has 0 saturated heterocycles. The van der Waals surface area contributed by atoms with Crippen LogP contribution in [0.4, 0.5) is 0 Å². The van der Waals surface area contributed by atoms with E-state index in [1.165, 1.54) is 6.08 Å². The van der Waals surface area contributed by atoms with Gasteiger partial charge in [0.2, 0.25) is 6.08 Å². The van der Waals surface area contributed by atoms with E-state index in [4.69, 9.17) is 0 Å². The Morgan fingerprint density at radius 1 is 1.67 bits per heavy atom. The summed E-state index contributed by atoms with van der Waals surface area (Å²) in [5, 5.41) is 0. The van der Waals surface area contributed by atoms with Crippen LogP contribution in [0.2, 0.25) is 0 Å². The van der Waals surface area contributed by atoms with Gasteiger partial charge in [-0.2, -0.15) is 0 Å². The van der Waals surface area contributed by atoms with E-state index >= 15 is 0 Å². The lowest BCUT2D eigenvalue weighted by atomic mass is 10.2. The Bertz CT molecular complexity index is 216. The minimum Gasteiger partial charge on any atom is -0.460 e. The van der Waals surface area contributed by atoms with Crippen molar-refractivity contribution in [3.63, 3.8) is 0 Å². The Hall–Kier alpha value is -1.41. The van der Waals surface area contributed by atoms with Crippen molar-refractivity contribution in [2.45, 2.75) is 13.3 Å². The summed E-state index contributed by atoms with van der Waals surface area (Å²) in [6, 6.07) is 0. The molecule has 0 aromatic heterocycles. The van der Waals surface area contributed by atoms with E-state index in [0.717, 1.165) is 0 Å². The first-order valence-corrected chi connectivity index (χ1v) is 3.61. The van der Waals surface area contributed by atoms with Crippen LogP contribution in [-0.4, -0.2) is 25.2 Å². The fourth-order valence-corrected chi connectivity index (χ4v) is 0.476. The van der Waals surface area contributed by atoms with Gasteiger partial charge in [0.05, 0.1) is 6.54 Å². The molecule has 0 aliphatic heterocycles. The summed E-state index contributed by atoms with van der Waals surface area (Å²) in [5.74, 6) is -0.432. The minimum absolute atomic E-state index is 0.104. The smallest absolute Gasteiger partial charge is 0.333 e. The van der Waals surface area contributed by atoms with Gasteiger partial charge < -0.3 is 4.74 Å². The van der Waals surface area contributed by atoms with Crippen LogP contribution in [0.3, 0.4) is 0 Å². The summed E-state index contributed by atoms with van der Waals surface area (Å²) in [6.45, 7) is 5.57. The molecule has 0 bridgehead atoms. The third-order valence-corrected chi connectivity index (χ3v) is 1.22. The van der Waals surface area contributed by atoms with Crippen LogP contribution in [-0.2, 0) is 14.3 Å². The average Bonchev–Trinajstić information content (AvgIpc) is 2.10. The number of rotatable bonds is 5. The Kier molecular flexibility index (Phi) is 5.57. The first-order chi connectivity index (χ1) is 5.72. The highest BCUT2D eigenvalue weighted by Crippen LogP contribution is 1.98. The van der Waals surface area contributed by atoms with Crippen molar-refractivity contribution in [3.8, 4) is 0 Å². The van der Waals surface area contributed by atoms with Crippen LogP contribution in [0.25, 0.3) is 0 Å². The van der Waals surface area contributed by atoms with Crippen LogP contribution in [0.15, 0.2) is 17.1 Å². The van der Waals surface area contributed by atoms with Gasteiger partial charge in [0.1, 0.15) is 6.61 Å². The summed E-state index contributed by atoms with van der Waals surface area (Å²) in [6.07, 6.45) is 1.91. The summed E-state index contributed by atoms with van der Waals surface area (Å²) < 4.78 is 4.69.